The number of nitrogens with zero attached hydrogens (tertiary/aromatic N) is 2. The summed E-state index contributed by atoms with van der Waals surface area (Å²) in [5.74, 6) is 0.0334. The standard InChI is InChI=1S/C15H19N5O/c1-20-10-13(9-17-20)18-11-4-2-5-12(8-11)19-15(21)14-6-3-7-16-14/h2,4-5,8-10,14,16,18H,3,6-7H2,1H3,(H,19,21). The van der Waals surface area contributed by atoms with Crippen molar-refractivity contribution in [3.63, 3.8) is 0 Å². The minimum atomic E-state index is -0.0695. The summed E-state index contributed by atoms with van der Waals surface area (Å²) in [5, 5.41) is 13.5. The van der Waals surface area contributed by atoms with Gasteiger partial charge >= 0.3 is 0 Å². The van der Waals surface area contributed by atoms with Crippen molar-refractivity contribution in [2.75, 3.05) is 17.2 Å². The van der Waals surface area contributed by atoms with E-state index in [0.29, 0.717) is 0 Å². The first-order valence-electron chi connectivity index (χ1n) is 7.11. The molecule has 0 aliphatic carbocycles. The fraction of sp³-hybridized carbons (Fsp3) is 0.333. The van der Waals surface area contributed by atoms with E-state index in [1.807, 2.05) is 37.5 Å². The molecule has 6 heteroatoms. The Bertz CT molecular complexity index is 630. The van der Waals surface area contributed by atoms with Gasteiger partial charge in [0.2, 0.25) is 5.91 Å². The van der Waals surface area contributed by atoms with Crippen LogP contribution in [0.2, 0.25) is 0 Å². The Kier molecular flexibility index (Phi) is 3.87. The number of rotatable bonds is 4. The summed E-state index contributed by atoms with van der Waals surface area (Å²) in [4.78, 5) is 12.1. The zero-order chi connectivity index (χ0) is 14.7. The van der Waals surface area contributed by atoms with Gasteiger partial charge in [-0.3, -0.25) is 9.48 Å². The SMILES string of the molecule is Cn1cc(Nc2cccc(NC(=O)C3CCCN3)c2)cn1. The number of anilines is 3. The molecule has 1 unspecified atom stereocenters. The fourth-order valence-corrected chi connectivity index (χ4v) is 2.46. The van der Waals surface area contributed by atoms with Crippen LogP contribution >= 0.6 is 0 Å². The van der Waals surface area contributed by atoms with E-state index in [0.717, 1.165) is 36.4 Å². The number of benzene rings is 1. The molecular weight excluding hydrogens is 266 g/mol. The molecule has 0 saturated carbocycles. The molecule has 0 spiro atoms. The van der Waals surface area contributed by atoms with Crippen LogP contribution in [0.25, 0.3) is 0 Å². The summed E-state index contributed by atoms with van der Waals surface area (Å²) >= 11 is 0. The molecule has 1 saturated heterocycles. The summed E-state index contributed by atoms with van der Waals surface area (Å²) in [7, 11) is 1.87. The van der Waals surface area contributed by atoms with Crippen LogP contribution in [0.15, 0.2) is 36.7 Å². The van der Waals surface area contributed by atoms with Crippen molar-refractivity contribution in [1.82, 2.24) is 15.1 Å². The lowest BCUT2D eigenvalue weighted by Gasteiger charge is -2.12. The summed E-state index contributed by atoms with van der Waals surface area (Å²) < 4.78 is 1.74. The van der Waals surface area contributed by atoms with Crippen LogP contribution in [-0.4, -0.2) is 28.3 Å². The van der Waals surface area contributed by atoms with Crippen molar-refractivity contribution in [1.29, 1.82) is 0 Å². The second kappa shape index (κ2) is 5.97. The molecule has 3 N–H and O–H groups in total. The van der Waals surface area contributed by atoms with E-state index in [1.165, 1.54) is 0 Å². The lowest BCUT2D eigenvalue weighted by Crippen LogP contribution is -2.35. The molecule has 1 amide bonds. The number of aryl methyl sites for hydroxylation is 1. The normalized spacial score (nSPS) is 17.7. The highest BCUT2D eigenvalue weighted by Crippen LogP contribution is 2.20. The number of nitrogens with one attached hydrogen (secondary N) is 3. The third kappa shape index (κ3) is 3.41. The highest BCUT2D eigenvalue weighted by molar-refractivity contribution is 5.95. The fourth-order valence-electron chi connectivity index (χ4n) is 2.46. The number of aromatic nitrogens is 2. The molecule has 110 valence electrons. The summed E-state index contributed by atoms with van der Waals surface area (Å²) in [6.45, 7) is 0.917. The maximum Gasteiger partial charge on any atom is 0.241 e. The third-order valence-electron chi connectivity index (χ3n) is 3.50. The monoisotopic (exact) mass is 285 g/mol. The highest BCUT2D eigenvalue weighted by Gasteiger charge is 2.21. The van der Waals surface area contributed by atoms with Crippen LogP contribution in [-0.2, 0) is 11.8 Å². The molecule has 21 heavy (non-hydrogen) atoms. The predicted molar refractivity (Wildman–Crippen MR) is 82.6 cm³/mol. The Labute approximate surface area is 123 Å². The van der Waals surface area contributed by atoms with Gasteiger partial charge in [0.05, 0.1) is 17.9 Å². The Morgan fingerprint density at radius 2 is 2.24 bits per heavy atom. The van der Waals surface area contributed by atoms with Crippen molar-refractivity contribution in [2.45, 2.75) is 18.9 Å². The van der Waals surface area contributed by atoms with Gasteiger partial charge in [-0.1, -0.05) is 6.07 Å². The highest BCUT2D eigenvalue weighted by atomic mass is 16.2. The zero-order valence-electron chi connectivity index (χ0n) is 12.0. The van der Waals surface area contributed by atoms with E-state index in [-0.39, 0.29) is 11.9 Å². The van der Waals surface area contributed by atoms with E-state index in [4.69, 9.17) is 0 Å². The first kappa shape index (κ1) is 13.6. The minimum Gasteiger partial charge on any atom is -0.353 e. The van der Waals surface area contributed by atoms with Gasteiger partial charge in [0.25, 0.3) is 0 Å². The van der Waals surface area contributed by atoms with Crippen LogP contribution in [0, 0.1) is 0 Å². The number of carbonyl (C=O) groups is 1. The Balaban J connectivity index is 1.66. The maximum absolute atomic E-state index is 12.1. The molecule has 1 atom stereocenters. The van der Waals surface area contributed by atoms with Gasteiger partial charge in [-0.25, -0.2) is 0 Å². The first-order chi connectivity index (χ1) is 10.2. The molecule has 0 radical (unpaired) electrons. The van der Waals surface area contributed by atoms with Crippen molar-refractivity contribution in [3.05, 3.63) is 36.7 Å². The van der Waals surface area contributed by atoms with Crippen molar-refractivity contribution in [2.24, 2.45) is 7.05 Å². The molecule has 3 rings (SSSR count). The van der Waals surface area contributed by atoms with Gasteiger partial charge in [0, 0.05) is 24.6 Å². The molecule has 1 aliphatic rings. The van der Waals surface area contributed by atoms with E-state index in [2.05, 4.69) is 21.0 Å². The molecule has 1 aromatic carbocycles. The van der Waals surface area contributed by atoms with E-state index in [1.54, 1.807) is 10.9 Å². The summed E-state index contributed by atoms with van der Waals surface area (Å²) in [6.07, 6.45) is 5.61. The molecule has 1 aromatic heterocycles. The molecule has 6 nitrogen and oxygen atoms in total. The maximum atomic E-state index is 12.1. The first-order valence-corrected chi connectivity index (χ1v) is 7.11. The second-order valence-electron chi connectivity index (χ2n) is 5.25. The van der Waals surface area contributed by atoms with E-state index < -0.39 is 0 Å². The van der Waals surface area contributed by atoms with E-state index >= 15 is 0 Å². The quantitative estimate of drug-likeness (QED) is 0.802. The Morgan fingerprint density at radius 1 is 1.38 bits per heavy atom. The largest absolute Gasteiger partial charge is 0.353 e. The van der Waals surface area contributed by atoms with Crippen LogP contribution in [0.4, 0.5) is 17.1 Å². The number of hydrogen-bond acceptors (Lipinski definition) is 4. The predicted octanol–water partition coefficient (Wildman–Crippen LogP) is 1.85. The molecule has 1 aliphatic heterocycles. The van der Waals surface area contributed by atoms with Gasteiger partial charge in [-0.2, -0.15) is 5.10 Å². The Hall–Kier alpha value is -2.34. The van der Waals surface area contributed by atoms with Crippen LogP contribution in [0.5, 0.6) is 0 Å². The van der Waals surface area contributed by atoms with Crippen LogP contribution < -0.4 is 16.0 Å². The molecule has 1 fully saturated rings. The number of carbonyl (C=O) groups excluding carboxylic acids is 1. The van der Waals surface area contributed by atoms with Gasteiger partial charge in [0.15, 0.2) is 0 Å². The summed E-state index contributed by atoms with van der Waals surface area (Å²) in [5.41, 5.74) is 2.63. The molecular formula is C15H19N5O. The smallest absolute Gasteiger partial charge is 0.241 e. The molecule has 2 aromatic rings. The van der Waals surface area contributed by atoms with Gasteiger partial charge in [0.1, 0.15) is 0 Å². The number of amides is 1. The van der Waals surface area contributed by atoms with Crippen LogP contribution in [0.1, 0.15) is 12.8 Å². The van der Waals surface area contributed by atoms with E-state index in [9.17, 15) is 4.79 Å². The second-order valence-corrected chi connectivity index (χ2v) is 5.25. The number of hydrogen-bond donors (Lipinski definition) is 3. The molecule has 0 bridgehead atoms. The minimum absolute atomic E-state index is 0.0334. The van der Waals surface area contributed by atoms with Gasteiger partial charge in [-0.15, -0.1) is 0 Å². The molecule has 2 heterocycles. The Morgan fingerprint density at radius 3 is 2.95 bits per heavy atom. The van der Waals surface area contributed by atoms with Crippen molar-refractivity contribution < 1.29 is 4.79 Å². The summed E-state index contributed by atoms with van der Waals surface area (Å²) in [6, 6.07) is 7.61. The third-order valence-corrected chi connectivity index (χ3v) is 3.50. The topological polar surface area (TPSA) is 71.0 Å². The van der Waals surface area contributed by atoms with Gasteiger partial charge < -0.3 is 16.0 Å². The zero-order valence-corrected chi connectivity index (χ0v) is 12.0. The lowest BCUT2D eigenvalue weighted by atomic mass is 10.2. The van der Waals surface area contributed by atoms with Crippen molar-refractivity contribution in [3.8, 4) is 0 Å². The lowest BCUT2D eigenvalue weighted by molar-refractivity contribution is -0.117. The van der Waals surface area contributed by atoms with Gasteiger partial charge in [-0.05, 0) is 37.6 Å². The average molecular weight is 285 g/mol. The van der Waals surface area contributed by atoms with Crippen LogP contribution in [0.3, 0.4) is 0 Å². The average Bonchev–Trinajstić information content (AvgIpc) is 3.11. The van der Waals surface area contributed by atoms with Crippen molar-refractivity contribution >= 4 is 23.0 Å².